The summed E-state index contributed by atoms with van der Waals surface area (Å²) in [5, 5.41) is 3.14. The van der Waals surface area contributed by atoms with Crippen molar-refractivity contribution in [3.05, 3.63) is 60.2 Å². The summed E-state index contributed by atoms with van der Waals surface area (Å²) in [5.74, 6) is 1.13. The Morgan fingerprint density at radius 1 is 1.00 bits per heavy atom. The molecule has 3 rings (SSSR count). The molecule has 1 saturated heterocycles. The molecule has 0 saturated carbocycles. The van der Waals surface area contributed by atoms with Crippen molar-refractivity contribution in [2.45, 2.75) is 39.7 Å². The zero-order chi connectivity index (χ0) is 19.1. The van der Waals surface area contributed by atoms with Gasteiger partial charge in [-0.05, 0) is 61.5 Å². The number of nitrogens with zero attached hydrogens (tertiary/aromatic N) is 1. The molecule has 0 aliphatic carbocycles. The molecule has 1 fully saturated rings. The smallest absolute Gasteiger partial charge is 0.223 e. The van der Waals surface area contributed by atoms with Crippen molar-refractivity contribution in [2.24, 2.45) is 11.8 Å². The van der Waals surface area contributed by atoms with Crippen molar-refractivity contribution in [1.29, 1.82) is 0 Å². The molecule has 0 bridgehead atoms. The summed E-state index contributed by atoms with van der Waals surface area (Å²) in [6, 6.07) is 18.8. The maximum absolute atomic E-state index is 12.5. The van der Waals surface area contributed by atoms with Crippen LogP contribution in [-0.4, -0.2) is 30.4 Å². The number of benzene rings is 2. The number of nitrogens with one attached hydrogen (secondary N) is 1. The number of amides is 1. The summed E-state index contributed by atoms with van der Waals surface area (Å²) < 4.78 is 0. The van der Waals surface area contributed by atoms with Crippen LogP contribution in [0, 0.1) is 11.8 Å². The Morgan fingerprint density at radius 3 is 2.26 bits per heavy atom. The third-order valence-electron chi connectivity index (χ3n) is 5.51. The van der Waals surface area contributed by atoms with Gasteiger partial charge in [-0.1, -0.05) is 68.4 Å². The maximum atomic E-state index is 12.5. The van der Waals surface area contributed by atoms with Crippen LogP contribution in [0.4, 0.5) is 0 Å². The molecule has 0 spiro atoms. The van der Waals surface area contributed by atoms with Crippen molar-refractivity contribution in [1.82, 2.24) is 10.2 Å². The third-order valence-corrected chi connectivity index (χ3v) is 5.51. The molecular weight excluding hydrogens is 332 g/mol. The lowest BCUT2D eigenvalue weighted by Gasteiger charge is -2.31. The minimum absolute atomic E-state index is 0.170. The molecule has 3 nitrogen and oxygen atoms in total. The van der Waals surface area contributed by atoms with Gasteiger partial charge in [0.25, 0.3) is 0 Å². The molecular formula is C24H32N2O. The van der Waals surface area contributed by atoms with E-state index in [1.54, 1.807) is 0 Å². The van der Waals surface area contributed by atoms with E-state index >= 15 is 0 Å². The van der Waals surface area contributed by atoms with Gasteiger partial charge in [0.2, 0.25) is 5.91 Å². The van der Waals surface area contributed by atoms with Gasteiger partial charge in [-0.25, -0.2) is 0 Å². The summed E-state index contributed by atoms with van der Waals surface area (Å²) >= 11 is 0. The van der Waals surface area contributed by atoms with Gasteiger partial charge in [0.05, 0.1) is 0 Å². The molecule has 3 heteroatoms. The van der Waals surface area contributed by atoms with Gasteiger partial charge in [0.15, 0.2) is 0 Å². The van der Waals surface area contributed by atoms with E-state index in [1.807, 2.05) is 6.07 Å². The van der Waals surface area contributed by atoms with E-state index in [9.17, 15) is 4.79 Å². The van der Waals surface area contributed by atoms with E-state index in [0.29, 0.717) is 6.54 Å². The standard InChI is InChI=1S/C24H32N2O/c1-19(2)12-15-26-16-13-23(14-17-26)24(27)25-18-20-8-10-22(11-9-20)21-6-4-3-5-7-21/h3-11,19,23H,12-18H2,1-2H3,(H,25,27). The zero-order valence-corrected chi connectivity index (χ0v) is 16.7. The summed E-state index contributed by atoms with van der Waals surface area (Å²) in [4.78, 5) is 15.0. The molecule has 0 unspecified atom stereocenters. The normalized spacial score (nSPS) is 15.8. The highest BCUT2D eigenvalue weighted by atomic mass is 16.1. The number of rotatable bonds is 7. The number of hydrogen-bond donors (Lipinski definition) is 1. The first-order chi connectivity index (χ1) is 13.1. The molecule has 1 amide bonds. The fourth-order valence-corrected chi connectivity index (χ4v) is 3.64. The number of carbonyl (C=O) groups excluding carboxylic acids is 1. The third kappa shape index (κ3) is 5.93. The first-order valence-corrected chi connectivity index (χ1v) is 10.3. The molecule has 1 N–H and O–H groups in total. The van der Waals surface area contributed by atoms with Crippen LogP contribution in [0.5, 0.6) is 0 Å². The molecule has 144 valence electrons. The zero-order valence-electron chi connectivity index (χ0n) is 16.7. The van der Waals surface area contributed by atoms with Crippen molar-refractivity contribution in [2.75, 3.05) is 19.6 Å². The Kier molecular flexibility index (Phi) is 7.05. The lowest BCUT2D eigenvalue weighted by Crippen LogP contribution is -2.40. The van der Waals surface area contributed by atoms with Crippen molar-refractivity contribution < 1.29 is 4.79 Å². The topological polar surface area (TPSA) is 32.3 Å². The minimum atomic E-state index is 0.170. The van der Waals surface area contributed by atoms with Crippen LogP contribution in [0.15, 0.2) is 54.6 Å². The molecule has 1 heterocycles. The Morgan fingerprint density at radius 2 is 1.63 bits per heavy atom. The van der Waals surface area contributed by atoms with E-state index in [4.69, 9.17) is 0 Å². The summed E-state index contributed by atoms with van der Waals surface area (Å²) in [7, 11) is 0. The Hall–Kier alpha value is -2.13. The van der Waals surface area contributed by atoms with Crippen molar-refractivity contribution >= 4 is 5.91 Å². The summed E-state index contributed by atoms with van der Waals surface area (Å²) in [6.07, 6.45) is 3.21. The highest BCUT2D eigenvalue weighted by Gasteiger charge is 2.24. The van der Waals surface area contributed by atoms with E-state index in [0.717, 1.165) is 37.4 Å². The van der Waals surface area contributed by atoms with Crippen LogP contribution >= 0.6 is 0 Å². The highest BCUT2D eigenvalue weighted by Crippen LogP contribution is 2.20. The number of carbonyl (C=O) groups is 1. The van der Waals surface area contributed by atoms with Gasteiger partial charge >= 0.3 is 0 Å². The molecule has 1 aliphatic heterocycles. The van der Waals surface area contributed by atoms with Crippen LogP contribution in [-0.2, 0) is 11.3 Å². The minimum Gasteiger partial charge on any atom is -0.352 e. The number of hydrogen-bond acceptors (Lipinski definition) is 2. The number of likely N-dealkylation sites (tertiary alicyclic amines) is 1. The monoisotopic (exact) mass is 364 g/mol. The van der Waals surface area contributed by atoms with Crippen LogP contribution in [0.3, 0.4) is 0 Å². The second-order valence-corrected chi connectivity index (χ2v) is 8.08. The van der Waals surface area contributed by atoms with Gasteiger partial charge in [-0.2, -0.15) is 0 Å². The van der Waals surface area contributed by atoms with Gasteiger partial charge in [0, 0.05) is 12.5 Å². The Labute approximate surface area is 163 Å². The lowest BCUT2D eigenvalue weighted by molar-refractivity contribution is -0.126. The van der Waals surface area contributed by atoms with Crippen LogP contribution in [0.2, 0.25) is 0 Å². The average Bonchev–Trinajstić information content (AvgIpc) is 2.72. The molecule has 1 aliphatic rings. The molecule has 0 atom stereocenters. The highest BCUT2D eigenvalue weighted by molar-refractivity contribution is 5.78. The number of piperidine rings is 1. The van der Waals surface area contributed by atoms with Crippen LogP contribution in [0.25, 0.3) is 11.1 Å². The Balaban J connectivity index is 1.43. The lowest BCUT2D eigenvalue weighted by atomic mass is 9.95. The predicted octanol–water partition coefficient (Wildman–Crippen LogP) is 4.73. The molecule has 0 radical (unpaired) electrons. The van der Waals surface area contributed by atoms with Gasteiger partial charge in [-0.3, -0.25) is 4.79 Å². The predicted molar refractivity (Wildman–Crippen MR) is 112 cm³/mol. The van der Waals surface area contributed by atoms with E-state index in [2.05, 4.69) is 72.6 Å². The quantitative estimate of drug-likeness (QED) is 0.770. The van der Waals surface area contributed by atoms with Crippen LogP contribution in [0.1, 0.15) is 38.7 Å². The largest absolute Gasteiger partial charge is 0.352 e. The van der Waals surface area contributed by atoms with E-state index < -0.39 is 0 Å². The van der Waals surface area contributed by atoms with Crippen molar-refractivity contribution in [3.63, 3.8) is 0 Å². The van der Waals surface area contributed by atoms with Crippen molar-refractivity contribution in [3.8, 4) is 11.1 Å². The fraction of sp³-hybridized carbons (Fsp3) is 0.458. The average molecular weight is 365 g/mol. The van der Waals surface area contributed by atoms with E-state index in [1.165, 1.54) is 24.1 Å². The fourth-order valence-electron chi connectivity index (χ4n) is 3.64. The first-order valence-electron chi connectivity index (χ1n) is 10.3. The second kappa shape index (κ2) is 9.70. The SMILES string of the molecule is CC(C)CCN1CCC(C(=O)NCc2ccc(-c3ccccc3)cc2)CC1. The molecule has 0 aromatic heterocycles. The van der Waals surface area contributed by atoms with Gasteiger partial charge in [-0.15, -0.1) is 0 Å². The Bertz CT molecular complexity index is 701. The van der Waals surface area contributed by atoms with Gasteiger partial charge < -0.3 is 10.2 Å². The molecule has 27 heavy (non-hydrogen) atoms. The molecule has 2 aromatic carbocycles. The first kappa shape index (κ1) is 19.6. The summed E-state index contributed by atoms with van der Waals surface area (Å²) in [6.45, 7) is 8.42. The van der Waals surface area contributed by atoms with E-state index in [-0.39, 0.29) is 11.8 Å². The summed E-state index contributed by atoms with van der Waals surface area (Å²) in [5.41, 5.74) is 3.58. The van der Waals surface area contributed by atoms with Gasteiger partial charge in [0.1, 0.15) is 0 Å². The molecule has 2 aromatic rings. The second-order valence-electron chi connectivity index (χ2n) is 8.08. The van der Waals surface area contributed by atoms with Crippen LogP contribution < -0.4 is 5.32 Å². The maximum Gasteiger partial charge on any atom is 0.223 e.